The molecule has 0 bridgehead atoms. The number of anilines is 1. The van der Waals surface area contributed by atoms with Gasteiger partial charge >= 0.3 is 5.97 Å². The number of carbonyl (C=O) groups is 2. The first-order valence-electron chi connectivity index (χ1n) is 4.96. The number of hydrogen-bond donors (Lipinski definition) is 1. The number of rotatable bonds is 2. The van der Waals surface area contributed by atoms with E-state index in [0.717, 1.165) is 0 Å². The molecule has 1 atom stereocenters. The molecule has 90 valence electrons. The smallest absolute Gasteiger partial charge is 0.337 e. The summed E-state index contributed by atoms with van der Waals surface area (Å²) in [4.78, 5) is 24.3. The fourth-order valence-electron chi connectivity index (χ4n) is 1.76. The van der Waals surface area contributed by atoms with Gasteiger partial charge in [0.05, 0.1) is 10.6 Å². The van der Waals surface area contributed by atoms with E-state index in [0.29, 0.717) is 18.7 Å². The van der Waals surface area contributed by atoms with Crippen molar-refractivity contribution in [2.75, 3.05) is 11.4 Å². The zero-order chi connectivity index (χ0) is 12.6. The SMILES string of the molecule is O=C(O)c1cc(N2CC(Br)CC2=O)ccc1Cl. The van der Waals surface area contributed by atoms with Crippen LogP contribution in [-0.2, 0) is 4.79 Å². The molecule has 1 fully saturated rings. The number of carboxylic acid groups (broad SMARTS) is 1. The van der Waals surface area contributed by atoms with Crippen LogP contribution in [0.5, 0.6) is 0 Å². The Bertz CT molecular complexity index is 492. The number of amides is 1. The van der Waals surface area contributed by atoms with Crippen LogP contribution in [0.15, 0.2) is 18.2 Å². The van der Waals surface area contributed by atoms with E-state index >= 15 is 0 Å². The molecule has 1 saturated heterocycles. The summed E-state index contributed by atoms with van der Waals surface area (Å²) in [5.74, 6) is -1.12. The maximum atomic E-state index is 11.7. The molecule has 1 aromatic carbocycles. The third-order valence-electron chi connectivity index (χ3n) is 2.57. The predicted octanol–water partition coefficient (Wildman–Crippen LogP) is 2.54. The summed E-state index contributed by atoms with van der Waals surface area (Å²) < 4.78 is 0. The van der Waals surface area contributed by atoms with Gasteiger partial charge in [0, 0.05) is 23.5 Å². The van der Waals surface area contributed by atoms with Gasteiger partial charge in [0.15, 0.2) is 0 Å². The molecule has 0 spiro atoms. The molecule has 0 radical (unpaired) electrons. The zero-order valence-electron chi connectivity index (χ0n) is 8.69. The monoisotopic (exact) mass is 317 g/mol. The highest BCUT2D eigenvalue weighted by molar-refractivity contribution is 9.09. The van der Waals surface area contributed by atoms with Gasteiger partial charge in [0.2, 0.25) is 5.91 Å². The topological polar surface area (TPSA) is 57.6 Å². The van der Waals surface area contributed by atoms with Crippen molar-refractivity contribution in [2.45, 2.75) is 11.2 Å². The highest BCUT2D eigenvalue weighted by Crippen LogP contribution is 2.28. The lowest BCUT2D eigenvalue weighted by Crippen LogP contribution is -2.24. The van der Waals surface area contributed by atoms with Crippen LogP contribution in [0.2, 0.25) is 5.02 Å². The number of aromatic carboxylic acids is 1. The molecule has 1 aliphatic heterocycles. The van der Waals surface area contributed by atoms with Gasteiger partial charge in [-0.05, 0) is 18.2 Å². The quantitative estimate of drug-likeness (QED) is 0.853. The average molecular weight is 319 g/mol. The average Bonchev–Trinajstić information content (AvgIpc) is 2.58. The van der Waals surface area contributed by atoms with Crippen molar-refractivity contribution in [3.05, 3.63) is 28.8 Å². The molecule has 4 nitrogen and oxygen atoms in total. The Morgan fingerprint density at radius 3 is 2.76 bits per heavy atom. The van der Waals surface area contributed by atoms with E-state index in [1.807, 2.05) is 0 Å². The van der Waals surface area contributed by atoms with Crippen molar-refractivity contribution in [1.29, 1.82) is 0 Å². The van der Waals surface area contributed by atoms with Gasteiger partial charge in [-0.25, -0.2) is 4.79 Å². The van der Waals surface area contributed by atoms with Gasteiger partial charge in [-0.2, -0.15) is 0 Å². The normalized spacial score (nSPS) is 19.8. The summed E-state index contributed by atoms with van der Waals surface area (Å²) in [5.41, 5.74) is 0.578. The van der Waals surface area contributed by atoms with Crippen molar-refractivity contribution in [2.24, 2.45) is 0 Å². The van der Waals surface area contributed by atoms with E-state index in [2.05, 4.69) is 15.9 Å². The molecule has 0 aromatic heterocycles. The molecule has 1 amide bonds. The Balaban J connectivity index is 2.37. The van der Waals surface area contributed by atoms with Gasteiger partial charge in [0.1, 0.15) is 0 Å². The van der Waals surface area contributed by atoms with Gasteiger partial charge in [-0.3, -0.25) is 4.79 Å². The number of nitrogens with zero attached hydrogens (tertiary/aromatic N) is 1. The van der Waals surface area contributed by atoms with E-state index < -0.39 is 5.97 Å². The maximum Gasteiger partial charge on any atom is 0.337 e. The van der Waals surface area contributed by atoms with Crippen LogP contribution in [-0.4, -0.2) is 28.4 Å². The zero-order valence-corrected chi connectivity index (χ0v) is 11.0. The summed E-state index contributed by atoms with van der Waals surface area (Å²) in [6.07, 6.45) is 0.422. The lowest BCUT2D eigenvalue weighted by Gasteiger charge is -2.16. The van der Waals surface area contributed by atoms with E-state index in [1.165, 1.54) is 12.1 Å². The second kappa shape index (κ2) is 4.66. The van der Waals surface area contributed by atoms with Crippen LogP contribution in [0.3, 0.4) is 0 Å². The first kappa shape index (κ1) is 12.4. The van der Waals surface area contributed by atoms with Gasteiger partial charge in [-0.15, -0.1) is 0 Å². The van der Waals surface area contributed by atoms with E-state index in [1.54, 1.807) is 11.0 Å². The number of hydrogen-bond acceptors (Lipinski definition) is 2. The lowest BCUT2D eigenvalue weighted by molar-refractivity contribution is -0.117. The van der Waals surface area contributed by atoms with Gasteiger partial charge < -0.3 is 10.0 Å². The van der Waals surface area contributed by atoms with Crippen LogP contribution >= 0.6 is 27.5 Å². The number of carboxylic acids is 1. The van der Waals surface area contributed by atoms with Crippen molar-refractivity contribution < 1.29 is 14.7 Å². The molecule has 1 N–H and O–H groups in total. The summed E-state index contributed by atoms with van der Waals surface area (Å²) in [6.45, 7) is 0.541. The Hall–Kier alpha value is -1.07. The molecule has 0 aliphatic carbocycles. The summed E-state index contributed by atoms with van der Waals surface area (Å²) >= 11 is 9.14. The number of alkyl halides is 1. The highest BCUT2D eigenvalue weighted by Gasteiger charge is 2.29. The third kappa shape index (κ3) is 2.45. The van der Waals surface area contributed by atoms with Crippen LogP contribution in [0.4, 0.5) is 5.69 Å². The first-order valence-corrected chi connectivity index (χ1v) is 6.25. The maximum absolute atomic E-state index is 11.7. The standard InChI is InChI=1S/C11H9BrClNO3/c12-6-3-10(15)14(5-6)7-1-2-9(13)8(4-7)11(16)17/h1-2,4,6H,3,5H2,(H,16,17). The number of benzene rings is 1. The minimum Gasteiger partial charge on any atom is -0.478 e. The largest absolute Gasteiger partial charge is 0.478 e. The molecule has 0 saturated carbocycles. The van der Waals surface area contributed by atoms with Crippen LogP contribution in [0.1, 0.15) is 16.8 Å². The fourth-order valence-corrected chi connectivity index (χ4v) is 2.52. The molecule has 1 unspecified atom stereocenters. The lowest BCUT2D eigenvalue weighted by atomic mass is 10.2. The van der Waals surface area contributed by atoms with Crippen molar-refractivity contribution in [3.63, 3.8) is 0 Å². The van der Waals surface area contributed by atoms with Crippen LogP contribution in [0, 0.1) is 0 Å². The molecule has 1 aliphatic rings. The van der Waals surface area contributed by atoms with Crippen LogP contribution in [0.25, 0.3) is 0 Å². The molecule has 17 heavy (non-hydrogen) atoms. The summed E-state index contributed by atoms with van der Waals surface area (Å²) in [6, 6.07) is 4.57. The third-order valence-corrected chi connectivity index (χ3v) is 3.51. The summed E-state index contributed by atoms with van der Waals surface area (Å²) in [7, 11) is 0. The Kier molecular flexibility index (Phi) is 3.40. The van der Waals surface area contributed by atoms with Crippen LogP contribution < -0.4 is 4.90 Å². The Morgan fingerprint density at radius 2 is 2.24 bits per heavy atom. The van der Waals surface area contributed by atoms with Gasteiger partial charge in [-0.1, -0.05) is 27.5 Å². The molecule has 2 rings (SSSR count). The van der Waals surface area contributed by atoms with E-state index in [4.69, 9.17) is 16.7 Å². The summed E-state index contributed by atoms with van der Waals surface area (Å²) in [5, 5.41) is 9.12. The minimum atomic E-state index is -1.10. The molecule has 6 heteroatoms. The Morgan fingerprint density at radius 1 is 1.53 bits per heavy atom. The number of halogens is 2. The minimum absolute atomic E-state index is 0.00925. The molecular weight excluding hydrogens is 309 g/mol. The fraction of sp³-hybridized carbons (Fsp3) is 0.273. The second-order valence-electron chi connectivity index (χ2n) is 3.78. The predicted molar refractivity (Wildman–Crippen MR) is 68.1 cm³/mol. The van der Waals surface area contributed by atoms with Crippen molar-refractivity contribution in [1.82, 2.24) is 0 Å². The Labute approximate surface area is 111 Å². The highest BCUT2D eigenvalue weighted by atomic mass is 79.9. The van der Waals surface area contributed by atoms with Crippen molar-refractivity contribution in [3.8, 4) is 0 Å². The first-order chi connectivity index (χ1) is 7.99. The second-order valence-corrected chi connectivity index (χ2v) is 5.48. The van der Waals surface area contributed by atoms with E-state index in [9.17, 15) is 9.59 Å². The molecule has 1 heterocycles. The number of carbonyl (C=O) groups excluding carboxylic acids is 1. The van der Waals surface area contributed by atoms with E-state index in [-0.39, 0.29) is 21.3 Å². The molecule has 1 aromatic rings. The molecular formula is C11H9BrClNO3. The van der Waals surface area contributed by atoms with Crippen molar-refractivity contribution >= 4 is 45.1 Å². The van der Waals surface area contributed by atoms with Gasteiger partial charge in [0.25, 0.3) is 0 Å².